The lowest BCUT2D eigenvalue weighted by atomic mass is 10.1. The minimum absolute atomic E-state index is 0.162. The summed E-state index contributed by atoms with van der Waals surface area (Å²) in [5, 5.41) is 17.8. The van der Waals surface area contributed by atoms with E-state index < -0.39 is 11.9 Å². The second-order valence-corrected chi connectivity index (χ2v) is 4.27. The molecule has 1 amide bonds. The van der Waals surface area contributed by atoms with Crippen molar-refractivity contribution >= 4 is 34.5 Å². The van der Waals surface area contributed by atoms with E-state index in [1.165, 1.54) is 6.07 Å². The fraction of sp³-hybridized carbons (Fsp3) is 0. The summed E-state index contributed by atoms with van der Waals surface area (Å²) in [7, 11) is 0. The molecule has 0 aliphatic heterocycles. The number of H-pyrrole nitrogens is 1. The van der Waals surface area contributed by atoms with Crippen molar-refractivity contribution in [2.24, 2.45) is 0 Å². The lowest BCUT2D eigenvalue weighted by Crippen LogP contribution is -2.14. The van der Waals surface area contributed by atoms with Gasteiger partial charge in [-0.05, 0) is 12.1 Å². The smallest absolute Gasteiger partial charge is 0.371 e. The number of nitrogens with two attached hydrogens (primary N) is 1. The zero-order chi connectivity index (χ0) is 15.0. The summed E-state index contributed by atoms with van der Waals surface area (Å²) in [5.41, 5.74) is 6.82. The van der Waals surface area contributed by atoms with E-state index in [1.807, 2.05) is 0 Å². The molecule has 0 saturated heterocycles. The molecule has 3 aromatic rings. The van der Waals surface area contributed by atoms with Crippen molar-refractivity contribution in [1.29, 1.82) is 0 Å². The largest absolute Gasteiger partial charge is 0.475 e. The maximum absolute atomic E-state index is 12.1. The molecule has 0 bridgehead atoms. The molecule has 5 N–H and O–H groups in total. The van der Waals surface area contributed by atoms with Gasteiger partial charge in [-0.3, -0.25) is 9.89 Å². The third kappa shape index (κ3) is 2.18. The van der Waals surface area contributed by atoms with Gasteiger partial charge in [0.25, 0.3) is 5.91 Å². The number of amides is 1. The second-order valence-electron chi connectivity index (χ2n) is 4.27. The number of carboxylic acid groups (broad SMARTS) is 1. The van der Waals surface area contributed by atoms with Gasteiger partial charge in [-0.25, -0.2) is 4.79 Å². The van der Waals surface area contributed by atoms with Gasteiger partial charge in [0.15, 0.2) is 11.4 Å². The summed E-state index contributed by atoms with van der Waals surface area (Å²) in [5.74, 6) is -1.74. The molecule has 8 heteroatoms. The van der Waals surface area contributed by atoms with Crippen LogP contribution in [0, 0.1) is 0 Å². The number of nitrogens with one attached hydrogen (secondary N) is 2. The van der Waals surface area contributed by atoms with E-state index in [0.717, 1.165) is 0 Å². The zero-order valence-corrected chi connectivity index (χ0v) is 10.6. The monoisotopic (exact) mass is 286 g/mol. The summed E-state index contributed by atoms with van der Waals surface area (Å²) in [6, 6.07) is 7.84. The van der Waals surface area contributed by atoms with Gasteiger partial charge in [0.05, 0.1) is 5.56 Å². The van der Waals surface area contributed by atoms with Crippen LogP contribution < -0.4 is 11.1 Å². The molecule has 1 aromatic carbocycles. The average Bonchev–Trinajstić information content (AvgIpc) is 3.01. The van der Waals surface area contributed by atoms with Gasteiger partial charge in [0, 0.05) is 11.8 Å². The second kappa shape index (κ2) is 4.67. The van der Waals surface area contributed by atoms with Crippen molar-refractivity contribution in [3.8, 4) is 0 Å². The number of nitrogen functional groups attached to an aromatic ring is 1. The van der Waals surface area contributed by atoms with E-state index >= 15 is 0 Å². The Morgan fingerprint density at radius 3 is 2.81 bits per heavy atom. The van der Waals surface area contributed by atoms with Crippen LogP contribution in [0.3, 0.4) is 0 Å². The quantitative estimate of drug-likeness (QED) is 0.541. The summed E-state index contributed by atoms with van der Waals surface area (Å²) in [6.45, 7) is 0. The highest BCUT2D eigenvalue weighted by molar-refractivity contribution is 6.10. The number of aromatic amines is 1. The maximum atomic E-state index is 12.1. The Labute approximate surface area is 117 Å². The molecule has 8 nitrogen and oxygen atoms in total. The number of anilines is 2. The van der Waals surface area contributed by atoms with Gasteiger partial charge >= 0.3 is 5.97 Å². The third-order valence-corrected chi connectivity index (χ3v) is 2.88. The van der Waals surface area contributed by atoms with Crippen LogP contribution in [-0.4, -0.2) is 27.2 Å². The molecule has 0 aliphatic carbocycles. The van der Waals surface area contributed by atoms with Crippen LogP contribution in [0.25, 0.3) is 11.1 Å². The van der Waals surface area contributed by atoms with E-state index in [2.05, 4.69) is 15.5 Å². The highest BCUT2D eigenvalue weighted by Gasteiger charge is 2.18. The fourth-order valence-corrected chi connectivity index (χ4v) is 1.89. The highest BCUT2D eigenvalue weighted by Crippen LogP contribution is 2.25. The van der Waals surface area contributed by atoms with E-state index in [9.17, 15) is 9.59 Å². The number of carbonyl (C=O) groups excluding carboxylic acids is 1. The van der Waals surface area contributed by atoms with E-state index in [-0.39, 0.29) is 17.2 Å². The SMILES string of the molecule is Nc1ccccc1C(=O)Nc1[nH]nc2cc(C(=O)O)oc12. The number of carbonyl (C=O) groups is 2. The number of carboxylic acids is 1. The van der Waals surface area contributed by atoms with Crippen LogP contribution in [0.5, 0.6) is 0 Å². The third-order valence-electron chi connectivity index (χ3n) is 2.88. The summed E-state index contributed by atoms with van der Waals surface area (Å²) >= 11 is 0. The molecule has 0 spiro atoms. The van der Waals surface area contributed by atoms with Crippen molar-refractivity contribution < 1.29 is 19.1 Å². The first kappa shape index (κ1) is 12.7. The predicted molar refractivity (Wildman–Crippen MR) is 74.1 cm³/mol. The van der Waals surface area contributed by atoms with Crippen molar-refractivity contribution in [2.45, 2.75) is 0 Å². The van der Waals surface area contributed by atoms with Crippen LogP contribution in [0.2, 0.25) is 0 Å². The number of para-hydroxylation sites is 1. The molecule has 2 aromatic heterocycles. The Balaban J connectivity index is 1.93. The Bertz CT molecular complexity index is 849. The minimum atomic E-state index is -1.21. The Kier molecular flexibility index (Phi) is 2.83. The maximum Gasteiger partial charge on any atom is 0.371 e. The molecular formula is C13H10N4O4. The molecule has 106 valence electrons. The van der Waals surface area contributed by atoms with Gasteiger partial charge in [0.1, 0.15) is 5.52 Å². The van der Waals surface area contributed by atoms with Crippen molar-refractivity contribution in [3.63, 3.8) is 0 Å². The number of hydrogen-bond donors (Lipinski definition) is 4. The Morgan fingerprint density at radius 1 is 1.33 bits per heavy atom. The summed E-state index contributed by atoms with van der Waals surface area (Å²) in [6.07, 6.45) is 0. The highest BCUT2D eigenvalue weighted by atomic mass is 16.4. The zero-order valence-electron chi connectivity index (χ0n) is 10.6. The van der Waals surface area contributed by atoms with Gasteiger partial charge in [0.2, 0.25) is 5.76 Å². The van der Waals surface area contributed by atoms with Crippen molar-refractivity contribution in [3.05, 3.63) is 41.7 Å². The normalized spacial score (nSPS) is 10.7. The molecule has 0 radical (unpaired) electrons. The number of hydrogen-bond acceptors (Lipinski definition) is 5. The number of aromatic nitrogens is 2. The molecule has 0 saturated carbocycles. The topological polar surface area (TPSA) is 134 Å². The van der Waals surface area contributed by atoms with Gasteiger partial charge in [-0.1, -0.05) is 12.1 Å². The van der Waals surface area contributed by atoms with Crippen LogP contribution >= 0.6 is 0 Å². The number of nitrogens with zero attached hydrogens (tertiary/aromatic N) is 1. The van der Waals surface area contributed by atoms with E-state index in [4.69, 9.17) is 15.3 Å². The first-order chi connectivity index (χ1) is 10.1. The van der Waals surface area contributed by atoms with Crippen LogP contribution in [0.15, 0.2) is 34.7 Å². The number of rotatable bonds is 3. The van der Waals surface area contributed by atoms with E-state index in [0.29, 0.717) is 16.8 Å². The lowest BCUT2D eigenvalue weighted by molar-refractivity contribution is 0.0665. The van der Waals surface area contributed by atoms with E-state index in [1.54, 1.807) is 24.3 Å². The molecule has 0 unspecified atom stereocenters. The van der Waals surface area contributed by atoms with Crippen LogP contribution in [-0.2, 0) is 0 Å². The average molecular weight is 286 g/mol. The molecule has 2 heterocycles. The van der Waals surface area contributed by atoms with Crippen LogP contribution in [0.4, 0.5) is 11.5 Å². The molecule has 0 atom stereocenters. The minimum Gasteiger partial charge on any atom is -0.475 e. The van der Waals surface area contributed by atoms with Crippen LogP contribution in [0.1, 0.15) is 20.9 Å². The molecule has 0 fully saturated rings. The Hall–Kier alpha value is -3.29. The number of benzene rings is 1. The first-order valence-electron chi connectivity index (χ1n) is 5.93. The molecule has 3 rings (SSSR count). The van der Waals surface area contributed by atoms with Gasteiger partial charge in [-0.2, -0.15) is 5.10 Å². The van der Waals surface area contributed by atoms with Crippen molar-refractivity contribution in [2.75, 3.05) is 11.1 Å². The molecule has 0 aliphatic rings. The Morgan fingerprint density at radius 2 is 2.10 bits per heavy atom. The number of furan rings is 1. The summed E-state index contributed by atoms with van der Waals surface area (Å²) < 4.78 is 5.13. The van der Waals surface area contributed by atoms with Crippen molar-refractivity contribution in [1.82, 2.24) is 10.2 Å². The predicted octanol–water partition coefficient (Wildman–Crippen LogP) is 1.69. The molecular weight excluding hydrogens is 276 g/mol. The first-order valence-corrected chi connectivity index (χ1v) is 5.93. The number of fused-ring (bicyclic) bond motifs is 1. The lowest BCUT2D eigenvalue weighted by Gasteiger charge is -2.04. The summed E-state index contributed by atoms with van der Waals surface area (Å²) in [4.78, 5) is 23.0. The number of aromatic carboxylic acids is 1. The molecule has 21 heavy (non-hydrogen) atoms. The fourth-order valence-electron chi connectivity index (χ4n) is 1.89. The van der Waals surface area contributed by atoms with Gasteiger partial charge in [-0.15, -0.1) is 0 Å². The standard InChI is InChI=1S/C13H10N4O4/c14-7-4-2-1-3-6(7)12(18)15-11-10-8(16-17-11)5-9(21-10)13(19)20/h1-5H,14H2,(H,19,20)(H2,15,16,17,18). The van der Waals surface area contributed by atoms with Gasteiger partial charge < -0.3 is 20.6 Å².